The van der Waals surface area contributed by atoms with Crippen LogP contribution in [0.15, 0.2) is 71.5 Å². The summed E-state index contributed by atoms with van der Waals surface area (Å²) in [5.74, 6) is -1.02. The predicted octanol–water partition coefficient (Wildman–Crippen LogP) is 3.06. The molecule has 0 saturated heterocycles. The summed E-state index contributed by atoms with van der Waals surface area (Å²) in [6.45, 7) is 1.88. The zero-order chi connectivity index (χ0) is 18.1. The van der Waals surface area contributed by atoms with Crippen molar-refractivity contribution in [3.05, 3.63) is 88.4 Å². The van der Waals surface area contributed by atoms with E-state index in [1.807, 2.05) is 42.5 Å². The number of aromatic carboxylic acids is 1. The van der Waals surface area contributed by atoms with E-state index in [-0.39, 0.29) is 11.1 Å². The standard InChI is InChI=1S/C21H18N2O3/c24-20-17-11-5-4-10-16(17)19(21(25)26)18(14-22-12-6-7-13-22)23(20)15-8-2-1-3-9-15/h1-11H,12-14H2,(H,25,26). The summed E-state index contributed by atoms with van der Waals surface area (Å²) in [5.41, 5.74) is 1.18. The molecule has 0 atom stereocenters. The first-order chi connectivity index (χ1) is 12.7. The van der Waals surface area contributed by atoms with Crippen LogP contribution in [0.4, 0.5) is 0 Å². The van der Waals surface area contributed by atoms with Gasteiger partial charge in [0.05, 0.1) is 11.3 Å². The van der Waals surface area contributed by atoms with Gasteiger partial charge in [-0.3, -0.25) is 14.3 Å². The molecule has 26 heavy (non-hydrogen) atoms. The average Bonchev–Trinajstić information content (AvgIpc) is 3.16. The van der Waals surface area contributed by atoms with Gasteiger partial charge in [-0.1, -0.05) is 48.6 Å². The van der Waals surface area contributed by atoms with Crippen LogP contribution in [0.5, 0.6) is 0 Å². The summed E-state index contributed by atoms with van der Waals surface area (Å²) in [5, 5.41) is 10.8. The van der Waals surface area contributed by atoms with Gasteiger partial charge in [0, 0.05) is 36.1 Å². The Kier molecular flexibility index (Phi) is 4.14. The Morgan fingerprint density at radius 1 is 0.923 bits per heavy atom. The van der Waals surface area contributed by atoms with Crippen LogP contribution >= 0.6 is 0 Å². The highest BCUT2D eigenvalue weighted by Crippen LogP contribution is 2.24. The van der Waals surface area contributed by atoms with E-state index in [0.717, 1.165) is 13.1 Å². The van der Waals surface area contributed by atoms with Crippen LogP contribution in [0.3, 0.4) is 0 Å². The van der Waals surface area contributed by atoms with Crippen LogP contribution in [0, 0.1) is 0 Å². The molecule has 2 aromatic carbocycles. The minimum atomic E-state index is -1.02. The third-order valence-electron chi connectivity index (χ3n) is 4.68. The van der Waals surface area contributed by atoms with Gasteiger partial charge in [0.25, 0.3) is 5.56 Å². The van der Waals surface area contributed by atoms with Crippen LogP contribution < -0.4 is 5.56 Å². The lowest BCUT2D eigenvalue weighted by molar-refractivity contribution is 0.0696. The number of carboxylic acid groups (broad SMARTS) is 1. The molecule has 1 aromatic heterocycles. The van der Waals surface area contributed by atoms with Crippen molar-refractivity contribution in [2.75, 3.05) is 13.1 Å². The molecule has 1 N–H and O–H groups in total. The molecular weight excluding hydrogens is 328 g/mol. The first-order valence-electron chi connectivity index (χ1n) is 8.49. The Labute approximate surface area is 150 Å². The zero-order valence-corrected chi connectivity index (χ0v) is 14.1. The second-order valence-electron chi connectivity index (χ2n) is 6.31. The zero-order valence-electron chi connectivity index (χ0n) is 14.1. The lowest BCUT2D eigenvalue weighted by Crippen LogP contribution is -2.30. The molecular formula is C21H18N2O3. The Bertz CT molecular complexity index is 1060. The van der Waals surface area contributed by atoms with Crippen molar-refractivity contribution in [1.29, 1.82) is 0 Å². The number of benzene rings is 2. The molecule has 3 aromatic rings. The lowest BCUT2D eigenvalue weighted by Gasteiger charge is -2.22. The van der Waals surface area contributed by atoms with Crippen LogP contribution in [-0.2, 0) is 6.54 Å². The van der Waals surface area contributed by atoms with E-state index in [2.05, 4.69) is 4.90 Å². The van der Waals surface area contributed by atoms with Crippen molar-refractivity contribution in [2.45, 2.75) is 6.54 Å². The summed E-state index contributed by atoms with van der Waals surface area (Å²) in [6.07, 6.45) is 4.10. The Morgan fingerprint density at radius 2 is 1.54 bits per heavy atom. The summed E-state index contributed by atoms with van der Waals surface area (Å²) < 4.78 is 1.55. The number of rotatable bonds is 4. The van der Waals surface area contributed by atoms with Gasteiger partial charge in [0.15, 0.2) is 0 Å². The second kappa shape index (κ2) is 6.61. The summed E-state index contributed by atoms with van der Waals surface area (Å²) >= 11 is 0. The van der Waals surface area contributed by atoms with Crippen molar-refractivity contribution in [2.24, 2.45) is 0 Å². The third-order valence-corrected chi connectivity index (χ3v) is 4.68. The highest BCUT2D eigenvalue weighted by Gasteiger charge is 2.24. The lowest BCUT2D eigenvalue weighted by atomic mass is 10.0. The molecule has 0 fully saturated rings. The van der Waals surface area contributed by atoms with Crippen molar-refractivity contribution < 1.29 is 9.90 Å². The van der Waals surface area contributed by atoms with E-state index in [4.69, 9.17) is 0 Å². The highest BCUT2D eigenvalue weighted by molar-refractivity contribution is 6.04. The molecule has 0 saturated carbocycles. The Balaban J connectivity index is 2.07. The molecule has 0 amide bonds. The minimum absolute atomic E-state index is 0.191. The monoisotopic (exact) mass is 346 g/mol. The Morgan fingerprint density at radius 3 is 2.19 bits per heavy atom. The molecule has 5 nitrogen and oxygen atoms in total. The number of hydrogen-bond donors (Lipinski definition) is 1. The number of para-hydroxylation sites is 1. The van der Waals surface area contributed by atoms with E-state index >= 15 is 0 Å². The molecule has 4 rings (SSSR count). The van der Waals surface area contributed by atoms with Gasteiger partial charge in [-0.25, -0.2) is 4.79 Å². The fraction of sp³-hybridized carbons (Fsp3) is 0.143. The molecule has 0 spiro atoms. The number of nitrogens with zero attached hydrogens (tertiary/aromatic N) is 2. The van der Waals surface area contributed by atoms with Gasteiger partial charge in [0.1, 0.15) is 0 Å². The first kappa shape index (κ1) is 16.3. The SMILES string of the molecule is O=C(O)c1c(CN2CC=CC2)n(-c2ccccc2)c(=O)c2ccccc12. The molecule has 0 radical (unpaired) electrons. The summed E-state index contributed by atoms with van der Waals surface area (Å²) in [7, 11) is 0. The highest BCUT2D eigenvalue weighted by atomic mass is 16.4. The summed E-state index contributed by atoms with van der Waals surface area (Å²) in [4.78, 5) is 27.5. The number of aromatic nitrogens is 1. The van der Waals surface area contributed by atoms with E-state index in [1.165, 1.54) is 0 Å². The van der Waals surface area contributed by atoms with Crippen molar-refractivity contribution in [1.82, 2.24) is 9.47 Å². The smallest absolute Gasteiger partial charge is 0.338 e. The number of carbonyl (C=O) groups is 1. The number of pyridine rings is 1. The Hall–Kier alpha value is -3.18. The fourth-order valence-corrected chi connectivity index (χ4v) is 3.50. The van der Waals surface area contributed by atoms with Gasteiger partial charge >= 0.3 is 5.97 Å². The van der Waals surface area contributed by atoms with E-state index in [1.54, 1.807) is 28.8 Å². The molecule has 1 aliphatic heterocycles. The quantitative estimate of drug-likeness (QED) is 0.738. The topological polar surface area (TPSA) is 62.5 Å². The summed E-state index contributed by atoms with van der Waals surface area (Å²) in [6, 6.07) is 16.1. The van der Waals surface area contributed by atoms with E-state index < -0.39 is 5.97 Å². The maximum absolute atomic E-state index is 13.2. The van der Waals surface area contributed by atoms with E-state index in [9.17, 15) is 14.7 Å². The molecule has 0 aliphatic carbocycles. The van der Waals surface area contributed by atoms with Gasteiger partial charge in [-0.2, -0.15) is 0 Å². The van der Waals surface area contributed by atoms with Gasteiger partial charge in [0.2, 0.25) is 0 Å². The average molecular weight is 346 g/mol. The van der Waals surface area contributed by atoms with Gasteiger partial charge in [-0.15, -0.1) is 0 Å². The number of fused-ring (bicyclic) bond motifs is 1. The molecule has 5 heteroatoms. The van der Waals surface area contributed by atoms with Crippen LogP contribution in [-0.4, -0.2) is 33.6 Å². The normalized spacial score (nSPS) is 14.2. The van der Waals surface area contributed by atoms with Crippen LogP contribution in [0.1, 0.15) is 16.1 Å². The van der Waals surface area contributed by atoms with Crippen molar-refractivity contribution >= 4 is 16.7 Å². The van der Waals surface area contributed by atoms with Gasteiger partial charge < -0.3 is 5.11 Å². The molecule has 2 heterocycles. The maximum Gasteiger partial charge on any atom is 0.338 e. The fourth-order valence-electron chi connectivity index (χ4n) is 3.50. The number of carboxylic acids is 1. The number of hydrogen-bond acceptors (Lipinski definition) is 3. The molecule has 0 unspecified atom stereocenters. The maximum atomic E-state index is 13.2. The van der Waals surface area contributed by atoms with Crippen LogP contribution in [0.25, 0.3) is 16.5 Å². The van der Waals surface area contributed by atoms with Gasteiger partial charge in [-0.05, 0) is 18.2 Å². The largest absolute Gasteiger partial charge is 0.478 e. The van der Waals surface area contributed by atoms with E-state index in [0.29, 0.717) is 28.7 Å². The molecule has 0 bridgehead atoms. The predicted molar refractivity (Wildman–Crippen MR) is 101 cm³/mol. The van der Waals surface area contributed by atoms with Crippen LogP contribution in [0.2, 0.25) is 0 Å². The second-order valence-corrected chi connectivity index (χ2v) is 6.31. The first-order valence-corrected chi connectivity index (χ1v) is 8.49. The third kappa shape index (κ3) is 2.72. The molecule has 1 aliphatic rings. The van der Waals surface area contributed by atoms with Crippen molar-refractivity contribution in [3.63, 3.8) is 0 Å². The van der Waals surface area contributed by atoms with Crippen molar-refractivity contribution in [3.8, 4) is 5.69 Å². The minimum Gasteiger partial charge on any atom is -0.478 e. The molecule has 130 valence electrons.